The van der Waals surface area contributed by atoms with Crippen molar-refractivity contribution < 1.29 is 19.1 Å². The van der Waals surface area contributed by atoms with Crippen LogP contribution in [0.15, 0.2) is 18.2 Å². The molecule has 6 nitrogen and oxygen atoms in total. The Morgan fingerprint density at radius 2 is 1.85 bits per heavy atom. The van der Waals surface area contributed by atoms with Crippen molar-refractivity contribution in [1.29, 1.82) is 0 Å². The molecule has 0 fully saturated rings. The smallest absolute Gasteiger partial charge is 0.338 e. The first-order valence-electron chi connectivity index (χ1n) is 6.41. The predicted octanol–water partition coefficient (Wildman–Crippen LogP) is 1.30. The van der Waals surface area contributed by atoms with E-state index in [-0.39, 0.29) is 18.1 Å². The molecule has 1 amide bonds. The topological polar surface area (TPSA) is 81.9 Å². The molecule has 0 atom stereocenters. The lowest BCUT2D eigenvalue weighted by Gasteiger charge is -2.18. The van der Waals surface area contributed by atoms with Gasteiger partial charge >= 0.3 is 5.97 Å². The van der Waals surface area contributed by atoms with Crippen molar-refractivity contribution in [3.8, 4) is 5.75 Å². The number of nitrogens with zero attached hydrogens (tertiary/aromatic N) is 1. The van der Waals surface area contributed by atoms with Gasteiger partial charge in [0, 0.05) is 24.8 Å². The fourth-order valence-corrected chi connectivity index (χ4v) is 1.74. The zero-order valence-corrected chi connectivity index (χ0v) is 12.0. The van der Waals surface area contributed by atoms with Crippen LogP contribution in [0.3, 0.4) is 0 Å². The van der Waals surface area contributed by atoms with Gasteiger partial charge in [0.25, 0.3) is 5.91 Å². The van der Waals surface area contributed by atoms with E-state index >= 15 is 0 Å². The highest BCUT2D eigenvalue weighted by molar-refractivity contribution is 5.92. The van der Waals surface area contributed by atoms with E-state index in [1.807, 2.05) is 13.8 Å². The van der Waals surface area contributed by atoms with E-state index in [2.05, 4.69) is 0 Å². The van der Waals surface area contributed by atoms with Crippen LogP contribution in [0.5, 0.6) is 5.75 Å². The number of carbonyl (C=O) groups excluding carboxylic acids is 2. The second-order valence-corrected chi connectivity index (χ2v) is 4.14. The van der Waals surface area contributed by atoms with E-state index in [1.165, 1.54) is 19.2 Å². The Hall–Kier alpha value is -2.24. The molecule has 0 saturated heterocycles. The van der Waals surface area contributed by atoms with Crippen LogP contribution in [0.2, 0.25) is 0 Å². The van der Waals surface area contributed by atoms with E-state index in [4.69, 9.17) is 15.2 Å². The third-order valence-corrected chi connectivity index (χ3v) is 2.84. The SMILES string of the molecule is CCN(CC)C(=O)COC(=O)c1cc(N)cc(OC)c1. The van der Waals surface area contributed by atoms with Crippen molar-refractivity contribution in [2.45, 2.75) is 13.8 Å². The Kier molecular flexibility index (Phi) is 5.83. The number of rotatable bonds is 6. The highest BCUT2D eigenvalue weighted by atomic mass is 16.5. The van der Waals surface area contributed by atoms with Crippen LogP contribution < -0.4 is 10.5 Å². The van der Waals surface area contributed by atoms with Gasteiger partial charge in [0.15, 0.2) is 6.61 Å². The van der Waals surface area contributed by atoms with E-state index in [0.29, 0.717) is 24.5 Å². The summed E-state index contributed by atoms with van der Waals surface area (Å²) < 4.78 is 10.0. The average Bonchev–Trinajstić information content (AvgIpc) is 2.45. The number of esters is 1. The lowest BCUT2D eigenvalue weighted by Crippen LogP contribution is -2.34. The average molecular weight is 280 g/mol. The van der Waals surface area contributed by atoms with Crippen LogP contribution in [0.25, 0.3) is 0 Å². The summed E-state index contributed by atoms with van der Waals surface area (Å²) >= 11 is 0. The summed E-state index contributed by atoms with van der Waals surface area (Å²) in [6.07, 6.45) is 0. The zero-order valence-electron chi connectivity index (χ0n) is 12.0. The van der Waals surface area contributed by atoms with Gasteiger partial charge in [0.05, 0.1) is 12.7 Å². The van der Waals surface area contributed by atoms with Gasteiger partial charge in [-0.05, 0) is 26.0 Å². The Bertz CT molecular complexity index is 484. The first-order chi connectivity index (χ1) is 9.51. The molecule has 6 heteroatoms. The summed E-state index contributed by atoms with van der Waals surface area (Å²) in [6, 6.07) is 4.59. The van der Waals surface area contributed by atoms with Gasteiger partial charge in [-0.3, -0.25) is 4.79 Å². The molecule has 2 N–H and O–H groups in total. The van der Waals surface area contributed by atoms with Gasteiger partial charge in [0.2, 0.25) is 0 Å². The molecule has 0 heterocycles. The minimum atomic E-state index is -0.601. The standard InChI is InChI=1S/C14H20N2O4/c1-4-16(5-2)13(17)9-20-14(18)10-6-11(15)8-12(7-10)19-3/h6-8H,4-5,9,15H2,1-3H3. The molecule has 0 saturated carbocycles. The minimum Gasteiger partial charge on any atom is -0.497 e. The molecular formula is C14H20N2O4. The molecule has 1 aromatic carbocycles. The maximum absolute atomic E-state index is 11.9. The number of benzene rings is 1. The number of hydrogen-bond acceptors (Lipinski definition) is 5. The maximum atomic E-state index is 11.9. The predicted molar refractivity (Wildman–Crippen MR) is 75.6 cm³/mol. The molecule has 1 aromatic rings. The first kappa shape index (κ1) is 15.8. The quantitative estimate of drug-likeness (QED) is 0.627. The first-order valence-corrected chi connectivity index (χ1v) is 6.41. The van der Waals surface area contributed by atoms with E-state index < -0.39 is 5.97 Å². The van der Waals surface area contributed by atoms with Gasteiger partial charge in [-0.1, -0.05) is 0 Å². The number of amides is 1. The van der Waals surface area contributed by atoms with Crippen LogP contribution >= 0.6 is 0 Å². The largest absolute Gasteiger partial charge is 0.497 e. The number of hydrogen-bond donors (Lipinski definition) is 1. The van der Waals surface area contributed by atoms with Gasteiger partial charge in [-0.15, -0.1) is 0 Å². The van der Waals surface area contributed by atoms with Crippen LogP contribution in [0, 0.1) is 0 Å². The van der Waals surface area contributed by atoms with Gasteiger partial charge < -0.3 is 20.1 Å². The molecule has 0 aliphatic carbocycles. The second-order valence-electron chi connectivity index (χ2n) is 4.14. The van der Waals surface area contributed by atoms with Crippen LogP contribution in [0.4, 0.5) is 5.69 Å². The molecule has 1 rings (SSSR count). The molecule has 110 valence electrons. The molecule has 0 aromatic heterocycles. The highest BCUT2D eigenvalue weighted by Gasteiger charge is 2.15. The number of methoxy groups -OCH3 is 1. The summed E-state index contributed by atoms with van der Waals surface area (Å²) in [7, 11) is 1.48. The molecule has 0 aliphatic rings. The Balaban J connectivity index is 2.67. The minimum absolute atomic E-state index is 0.223. The number of nitrogens with two attached hydrogens (primary N) is 1. The molecule has 0 radical (unpaired) electrons. The third-order valence-electron chi connectivity index (χ3n) is 2.84. The normalized spacial score (nSPS) is 9.95. The second kappa shape index (κ2) is 7.37. The number of nitrogen functional groups attached to an aromatic ring is 1. The van der Waals surface area contributed by atoms with Crippen molar-refractivity contribution in [2.75, 3.05) is 32.5 Å². The van der Waals surface area contributed by atoms with Crippen molar-refractivity contribution in [3.05, 3.63) is 23.8 Å². The van der Waals surface area contributed by atoms with Gasteiger partial charge in [0.1, 0.15) is 5.75 Å². The van der Waals surface area contributed by atoms with E-state index in [9.17, 15) is 9.59 Å². The van der Waals surface area contributed by atoms with Crippen molar-refractivity contribution in [3.63, 3.8) is 0 Å². The van der Waals surface area contributed by atoms with Gasteiger partial charge in [-0.2, -0.15) is 0 Å². The molecule has 0 aliphatic heterocycles. The molecular weight excluding hydrogens is 260 g/mol. The Morgan fingerprint density at radius 3 is 2.40 bits per heavy atom. The summed E-state index contributed by atoms with van der Waals surface area (Å²) in [6.45, 7) is 4.62. The van der Waals surface area contributed by atoms with Gasteiger partial charge in [-0.25, -0.2) is 4.79 Å². The van der Waals surface area contributed by atoms with Crippen LogP contribution in [-0.4, -0.2) is 43.6 Å². The molecule has 0 bridgehead atoms. The number of anilines is 1. The Morgan fingerprint density at radius 1 is 1.20 bits per heavy atom. The lowest BCUT2D eigenvalue weighted by molar-refractivity contribution is -0.134. The monoisotopic (exact) mass is 280 g/mol. The fourth-order valence-electron chi connectivity index (χ4n) is 1.74. The van der Waals surface area contributed by atoms with Crippen LogP contribution in [0.1, 0.15) is 24.2 Å². The summed E-state index contributed by atoms with van der Waals surface area (Å²) in [4.78, 5) is 25.2. The summed E-state index contributed by atoms with van der Waals surface area (Å²) in [5.41, 5.74) is 6.31. The zero-order chi connectivity index (χ0) is 15.1. The summed E-state index contributed by atoms with van der Waals surface area (Å²) in [5, 5.41) is 0. The van der Waals surface area contributed by atoms with Crippen molar-refractivity contribution >= 4 is 17.6 Å². The molecule has 20 heavy (non-hydrogen) atoms. The Labute approximate surface area is 118 Å². The lowest BCUT2D eigenvalue weighted by atomic mass is 10.2. The van der Waals surface area contributed by atoms with E-state index in [1.54, 1.807) is 11.0 Å². The van der Waals surface area contributed by atoms with Crippen LogP contribution in [-0.2, 0) is 9.53 Å². The van der Waals surface area contributed by atoms with E-state index in [0.717, 1.165) is 0 Å². The maximum Gasteiger partial charge on any atom is 0.338 e. The third kappa shape index (κ3) is 4.15. The number of likely N-dealkylation sites (N-methyl/N-ethyl adjacent to an activating group) is 1. The number of ether oxygens (including phenoxy) is 2. The van der Waals surface area contributed by atoms with Crippen molar-refractivity contribution in [1.82, 2.24) is 4.90 Å². The highest BCUT2D eigenvalue weighted by Crippen LogP contribution is 2.19. The molecule has 0 spiro atoms. The molecule has 0 unspecified atom stereocenters. The number of carbonyl (C=O) groups is 2. The fraction of sp³-hybridized carbons (Fsp3) is 0.429. The summed E-state index contributed by atoms with van der Waals surface area (Å²) in [5.74, 6) is -0.359. The van der Waals surface area contributed by atoms with Crippen molar-refractivity contribution in [2.24, 2.45) is 0 Å².